The molecule has 0 radical (unpaired) electrons. The highest BCUT2D eigenvalue weighted by molar-refractivity contribution is 6.34. The van der Waals surface area contributed by atoms with Crippen LogP contribution in [0.2, 0.25) is 5.02 Å². The first-order valence-electron chi connectivity index (χ1n) is 11.8. The molecule has 1 atom stereocenters. The lowest BCUT2D eigenvalue weighted by Crippen LogP contribution is -2.38. The van der Waals surface area contributed by atoms with Gasteiger partial charge >= 0.3 is 6.01 Å². The Morgan fingerprint density at radius 1 is 1.11 bits per heavy atom. The summed E-state index contributed by atoms with van der Waals surface area (Å²) in [7, 11) is 0. The molecule has 1 N–H and O–H groups in total. The van der Waals surface area contributed by atoms with Gasteiger partial charge in [0.2, 0.25) is 0 Å². The van der Waals surface area contributed by atoms with Crippen molar-refractivity contribution < 1.29 is 18.6 Å². The number of fused-ring (bicyclic) bond motifs is 1. The summed E-state index contributed by atoms with van der Waals surface area (Å²) >= 11 is 6.49. The van der Waals surface area contributed by atoms with Crippen molar-refractivity contribution in [1.82, 2.24) is 19.9 Å². The number of piperidine rings is 1. The van der Waals surface area contributed by atoms with E-state index in [9.17, 15) is 9.50 Å². The third-order valence-electron chi connectivity index (χ3n) is 6.34. The maximum absolute atomic E-state index is 16.0. The molecule has 0 spiro atoms. The minimum atomic E-state index is -0.859. The van der Waals surface area contributed by atoms with Crippen LogP contribution < -0.4 is 9.64 Å². The Morgan fingerprint density at radius 3 is 2.67 bits per heavy atom. The van der Waals surface area contributed by atoms with Gasteiger partial charge in [0.15, 0.2) is 5.82 Å². The van der Waals surface area contributed by atoms with E-state index in [1.54, 1.807) is 18.5 Å². The lowest BCUT2D eigenvalue weighted by Gasteiger charge is -2.35. The zero-order chi connectivity index (χ0) is 25.2. The number of aromatic nitrogens is 4. The normalized spacial score (nSPS) is 15.9. The van der Waals surface area contributed by atoms with Gasteiger partial charge in [-0.05, 0) is 50.5 Å². The molecule has 2 aromatic heterocycles. The van der Waals surface area contributed by atoms with Crippen LogP contribution >= 0.6 is 11.6 Å². The maximum atomic E-state index is 16.0. The molecule has 0 bridgehead atoms. The number of ether oxygens (including phenoxy) is 1. The van der Waals surface area contributed by atoms with E-state index >= 15 is 4.39 Å². The van der Waals surface area contributed by atoms with Crippen LogP contribution in [0.1, 0.15) is 32.0 Å². The summed E-state index contributed by atoms with van der Waals surface area (Å²) in [6.45, 7) is 3.00. The van der Waals surface area contributed by atoms with E-state index in [-0.39, 0.29) is 40.3 Å². The van der Waals surface area contributed by atoms with Crippen LogP contribution in [-0.2, 0) is 6.42 Å². The molecule has 36 heavy (non-hydrogen) atoms. The van der Waals surface area contributed by atoms with Crippen molar-refractivity contribution in [3.63, 3.8) is 0 Å². The van der Waals surface area contributed by atoms with Gasteiger partial charge in [0.05, 0.1) is 17.2 Å². The Labute approximate surface area is 211 Å². The van der Waals surface area contributed by atoms with E-state index in [0.29, 0.717) is 23.4 Å². The molecule has 10 heteroatoms. The molecule has 1 saturated heterocycles. The molecule has 1 fully saturated rings. The number of benzene rings is 2. The van der Waals surface area contributed by atoms with Crippen molar-refractivity contribution in [2.75, 3.05) is 18.1 Å². The van der Waals surface area contributed by atoms with Crippen molar-refractivity contribution in [2.24, 2.45) is 0 Å². The number of phenols is 1. The second-order valence-corrected chi connectivity index (χ2v) is 9.12. The average Bonchev–Trinajstić information content (AvgIpc) is 2.87. The van der Waals surface area contributed by atoms with Gasteiger partial charge in [-0.2, -0.15) is 9.97 Å². The van der Waals surface area contributed by atoms with E-state index in [4.69, 9.17) is 16.3 Å². The van der Waals surface area contributed by atoms with E-state index in [1.165, 1.54) is 18.2 Å². The standard InChI is InChI=1S/C26H24ClF2N5O2/c1-15-6-2-3-12-34(15)25-16-14-17(27)21(22-18(28)7-4-8-19(22)35)23(29)24(16)32-26(33-25)36-13-9-20-30-10-5-11-31-20/h4-5,7-8,10-11,14-15,35H,2-3,6,9,12-13H2,1H3/t15-/m1/s1. The highest BCUT2D eigenvalue weighted by Crippen LogP contribution is 2.43. The predicted octanol–water partition coefficient (Wildman–Crippen LogP) is 5.72. The molecule has 3 heterocycles. The summed E-state index contributed by atoms with van der Waals surface area (Å²) in [4.78, 5) is 19.4. The topological polar surface area (TPSA) is 84.3 Å². The predicted molar refractivity (Wildman–Crippen MR) is 133 cm³/mol. The number of aromatic hydroxyl groups is 1. The molecule has 7 nitrogen and oxygen atoms in total. The molecule has 0 amide bonds. The second-order valence-electron chi connectivity index (χ2n) is 8.71. The molecular weight excluding hydrogens is 488 g/mol. The van der Waals surface area contributed by atoms with Gasteiger partial charge in [-0.15, -0.1) is 0 Å². The number of halogens is 3. The van der Waals surface area contributed by atoms with Crippen LogP contribution in [0.4, 0.5) is 14.6 Å². The fraction of sp³-hybridized carbons (Fsp3) is 0.308. The summed E-state index contributed by atoms with van der Waals surface area (Å²) in [5.41, 5.74) is -0.650. The Bertz CT molecular complexity index is 1390. The van der Waals surface area contributed by atoms with Crippen LogP contribution in [0, 0.1) is 11.6 Å². The lowest BCUT2D eigenvalue weighted by molar-refractivity contribution is 0.294. The molecule has 2 aromatic carbocycles. The van der Waals surface area contributed by atoms with Crippen molar-refractivity contribution in [1.29, 1.82) is 0 Å². The monoisotopic (exact) mass is 511 g/mol. The Morgan fingerprint density at radius 2 is 1.92 bits per heavy atom. The summed E-state index contributed by atoms with van der Waals surface area (Å²) < 4.78 is 36.5. The zero-order valence-electron chi connectivity index (χ0n) is 19.6. The first-order chi connectivity index (χ1) is 17.4. The molecule has 0 unspecified atom stereocenters. The van der Waals surface area contributed by atoms with Crippen molar-refractivity contribution in [3.05, 3.63) is 65.2 Å². The number of phenolic OH excluding ortho intramolecular Hbond substituents is 1. The number of nitrogens with zero attached hydrogens (tertiary/aromatic N) is 5. The van der Waals surface area contributed by atoms with E-state index in [0.717, 1.165) is 31.9 Å². The van der Waals surface area contributed by atoms with Crippen LogP contribution in [-0.4, -0.2) is 44.2 Å². The Balaban J connectivity index is 1.63. The van der Waals surface area contributed by atoms with Crippen LogP contribution in [0.25, 0.3) is 22.0 Å². The molecule has 5 rings (SSSR count). The first-order valence-corrected chi connectivity index (χ1v) is 12.1. The summed E-state index contributed by atoms with van der Waals surface area (Å²) in [5.74, 6) is -0.981. The molecule has 1 aliphatic heterocycles. The lowest BCUT2D eigenvalue weighted by atomic mass is 9.99. The maximum Gasteiger partial charge on any atom is 0.319 e. The molecule has 4 aromatic rings. The van der Waals surface area contributed by atoms with E-state index in [2.05, 4.69) is 31.8 Å². The van der Waals surface area contributed by atoms with Crippen molar-refractivity contribution in [2.45, 2.75) is 38.6 Å². The van der Waals surface area contributed by atoms with Crippen LogP contribution in [0.15, 0.2) is 42.7 Å². The molecular formula is C26H24ClF2N5O2. The molecule has 0 aliphatic carbocycles. The number of hydrogen-bond acceptors (Lipinski definition) is 7. The number of rotatable bonds is 6. The SMILES string of the molecule is C[C@@H]1CCCCN1c1nc(OCCc2ncccn2)nc2c(F)c(-c3c(O)cccc3F)c(Cl)cc12. The Hall–Kier alpha value is -3.59. The fourth-order valence-corrected chi connectivity index (χ4v) is 4.82. The minimum Gasteiger partial charge on any atom is -0.507 e. The van der Waals surface area contributed by atoms with Gasteiger partial charge in [0, 0.05) is 42.4 Å². The first kappa shape index (κ1) is 24.1. The third kappa shape index (κ3) is 4.63. The highest BCUT2D eigenvalue weighted by atomic mass is 35.5. The molecule has 186 valence electrons. The van der Waals surface area contributed by atoms with Crippen LogP contribution in [0.3, 0.4) is 0 Å². The fourth-order valence-electron chi connectivity index (χ4n) is 4.54. The van der Waals surface area contributed by atoms with E-state index < -0.39 is 17.4 Å². The molecule has 0 saturated carbocycles. The van der Waals surface area contributed by atoms with Crippen molar-refractivity contribution >= 4 is 28.3 Å². The summed E-state index contributed by atoms with van der Waals surface area (Å²) in [6, 6.07) is 7.15. The molecule has 1 aliphatic rings. The van der Waals surface area contributed by atoms with E-state index in [1.807, 2.05) is 0 Å². The van der Waals surface area contributed by atoms with Gasteiger partial charge < -0.3 is 14.7 Å². The third-order valence-corrected chi connectivity index (χ3v) is 6.63. The summed E-state index contributed by atoms with van der Waals surface area (Å²) in [5, 5.41) is 10.6. The van der Waals surface area contributed by atoms with Crippen molar-refractivity contribution in [3.8, 4) is 22.9 Å². The van der Waals surface area contributed by atoms with Gasteiger partial charge in [0.1, 0.15) is 28.7 Å². The smallest absolute Gasteiger partial charge is 0.319 e. The largest absolute Gasteiger partial charge is 0.507 e. The van der Waals surface area contributed by atoms with Gasteiger partial charge in [0.25, 0.3) is 0 Å². The van der Waals surface area contributed by atoms with Gasteiger partial charge in [-0.3, -0.25) is 0 Å². The average molecular weight is 512 g/mol. The van der Waals surface area contributed by atoms with Gasteiger partial charge in [-0.25, -0.2) is 18.7 Å². The van der Waals surface area contributed by atoms with Gasteiger partial charge in [-0.1, -0.05) is 17.7 Å². The Kier molecular flexibility index (Phi) is 6.82. The summed E-state index contributed by atoms with van der Waals surface area (Å²) in [6.07, 6.45) is 6.72. The number of hydrogen-bond donors (Lipinski definition) is 1. The second kappa shape index (κ2) is 10.2. The quantitative estimate of drug-likeness (QED) is 0.354. The van der Waals surface area contributed by atoms with Crippen LogP contribution in [0.5, 0.6) is 11.8 Å². The highest BCUT2D eigenvalue weighted by Gasteiger charge is 2.27. The number of anilines is 1. The zero-order valence-corrected chi connectivity index (χ0v) is 20.3. The minimum absolute atomic E-state index is 0.0175.